The molecule has 0 bridgehead atoms. The Kier molecular flexibility index (Phi) is 20.0. The Hall–Kier alpha value is -2.05. The van der Waals surface area contributed by atoms with Crippen LogP contribution in [0.15, 0.2) is 12.7 Å². The van der Waals surface area contributed by atoms with Crippen molar-refractivity contribution in [2.24, 2.45) is 0 Å². The molecule has 0 aromatic rings. The van der Waals surface area contributed by atoms with Gasteiger partial charge in [-0.2, -0.15) is 0 Å². The lowest BCUT2D eigenvalue weighted by molar-refractivity contribution is -0.154. The summed E-state index contributed by atoms with van der Waals surface area (Å²) in [5.41, 5.74) is 0. The van der Waals surface area contributed by atoms with Gasteiger partial charge in [-0.05, 0) is 20.3 Å². The Morgan fingerprint density at radius 3 is 1.63 bits per heavy atom. The average molecular weight is 497 g/mol. The first-order chi connectivity index (χ1) is 16.8. The molecular formula is C28H52N2O5. The van der Waals surface area contributed by atoms with Crippen molar-refractivity contribution < 1.29 is 23.9 Å². The van der Waals surface area contributed by atoms with Crippen molar-refractivity contribution in [3.05, 3.63) is 12.7 Å². The van der Waals surface area contributed by atoms with Crippen molar-refractivity contribution in [1.82, 2.24) is 9.80 Å². The van der Waals surface area contributed by atoms with Crippen molar-refractivity contribution in [3.8, 4) is 0 Å². The molecule has 0 N–H and O–H groups in total. The van der Waals surface area contributed by atoms with Crippen LogP contribution < -0.4 is 0 Å². The Labute approximate surface area is 214 Å². The van der Waals surface area contributed by atoms with Gasteiger partial charge in [-0.15, -0.1) is 0 Å². The second kappa shape index (κ2) is 21.3. The Morgan fingerprint density at radius 1 is 0.714 bits per heavy atom. The van der Waals surface area contributed by atoms with E-state index in [-0.39, 0.29) is 12.5 Å². The molecule has 0 aromatic carbocycles. The Balaban J connectivity index is 3.89. The summed E-state index contributed by atoms with van der Waals surface area (Å²) in [6.07, 6.45) is 18.7. The molecule has 0 rings (SSSR count). The highest BCUT2D eigenvalue weighted by Crippen LogP contribution is 2.13. The zero-order chi connectivity index (χ0) is 26.5. The summed E-state index contributed by atoms with van der Waals surface area (Å²) in [6.45, 7) is 9.42. The fourth-order valence-electron chi connectivity index (χ4n) is 3.79. The molecule has 0 radical (unpaired) electrons. The van der Waals surface area contributed by atoms with Crippen LogP contribution >= 0.6 is 0 Å². The number of hydrogen-bond donors (Lipinski definition) is 0. The molecule has 0 aliphatic rings. The molecular weight excluding hydrogens is 444 g/mol. The van der Waals surface area contributed by atoms with Crippen LogP contribution in [0.5, 0.6) is 0 Å². The van der Waals surface area contributed by atoms with E-state index in [0.29, 0.717) is 6.61 Å². The van der Waals surface area contributed by atoms with Crippen LogP contribution in [0, 0.1) is 0 Å². The van der Waals surface area contributed by atoms with E-state index in [2.05, 4.69) is 13.5 Å². The normalized spacial score (nSPS) is 12.5. The van der Waals surface area contributed by atoms with Crippen LogP contribution in [0.1, 0.15) is 111 Å². The lowest BCUT2D eigenvalue weighted by Crippen LogP contribution is -2.51. The van der Waals surface area contributed by atoms with Crippen LogP contribution in [0.4, 0.5) is 4.79 Å². The van der Waals surface area contributed by atoms with Crippen LogP contribution in [0.25, 0.3) is 0 Å². The number of unbranched alkanes of at least 4 members (excludes halogenated alkanes) is 13. The van der Waals surface area contributed by atoms with E-state index in [1.807, 2.05) is 0 Å². The summed E-state index contributed by atoms with van der Waals surface area (Å²) in [5, 5.41) is 0. The molecule has 2 atom stereocenters. The quantitative estimate of drug-likeness (QED) is 0.103. The highest BCUT2D eigenvalue weighted by Gasteiger charge is 2.31. The van der Waals surface area contributed by atoms with Crippen LogP contribution in [-0.4, -0.2) is 67.2 Å². The zero-order valence-corrected chi connectivity index (χ0v) is 23.2. The van der Waals surface area contributed by atoms with Gasteiger partial charge in [-0.3, -0.25) is 9.69 Å². The molecule has 7 heteroatoms. The topological polar surface area (TPSA) is 76.2 Å². The molecule has 0 aromatic heterocycles. The summed E-state index contributed by atoms with van der Waals surface area (Å²) in [4.78, 5) is 39.5. The number of carbonyl (C=O) groups excluding carboxylic acids is 3. The fraction of sp³-hybridized carbons (Fsp3) is 0.821. The fourth-order valence-corrected chi connectivity index (χ4v) is 3.79. The summed E-state index contributed by atoms with van der Waals surface area (Å²) in [7, 11) is 3.03. The number of hydrogen-bond acceptors (Lipinski definition) is 5. The standard InChI is InChI=1S/C28H52N2O5/c1-7-9-10-11-12-13-14-15-16-17-18-19-20-21-23-34-27(32)25(4)29(5)26(31)24(3)30(6)28(33)35-22-8-2/h8,24-25H,2,7,9-23H2,1,3-6H3. The van der Waals surface area contributed by atoms with E-state index < -0.39 is 24.1 Å². The molecule has 0 heterocycles. The minimum Gasteiger partial charge on any atom is -0.464 e. The van der Waals surface area contributed by atoms with E-state index in [1.54, 1.807) is 20.9 Å². The highest BCUT2D eigenvalue weighted by molar-refractivity contribution is 5.89. The van der Waals surface area contributed by atoms with Gasteiger partial charge in [-0.1, -0.05) is 103 Å². The minimum atomic E-state index is -0.765. The maximum atomic E-state index is 12.7. The molecule has 0 spiro atoms. The van der Waals surface area contributed by atoms with Gasteiger partial charge < -0.3 is 14.4 Å². The summed E-state index contributed by atoms with van der Waals surface area (Å²) < 4.78 is 10.3. The molecule has 2 unspecified atom stereocenters. The third-order valence-corrected chi connectivity index (χ3v) is 6.56. The second-order valence-electron chi connectivity index (χ2n) is 9.54. The minimum absolute atomic E-state index is 0.0713. The first-order valence-electron chi connectivity index (χ1n) is 13.7. The van der Waals surface area contributed by atoms with Gasteiger partial charge in [0, 0.05) is 14.1 Å². The zero-order valence-electron chi connectivity index (χ0n) is 23.2. The molecule has 0 saturated heterocycles. The van der Waals surface area contributed by atoms with E-state index in [4.69, 9.17) is 9.47 Å². The second-order valence-corrected chi connectivity index (χ2v) is 9.54. The molecule has 7 nitrogen and oxygen atoms in total. The maximum Gasteiger partial charge on any atom is 0.410 e. The number of amides is 2. The maximum absolute atomic E-state index is 12.7. The summed E-state index contributed by atoms with van der Waals surface area (Å²) in [5.74, 6) is -0.788. The van der Waals surface area contributed by atoms with E-state index in [9.17, 15) is 14.4 Å². The molecule has 0 saturated carbocycles. The van der Waals surface area contributed by atoms with Crippen LogP contribution in [0.3, 0.4) is 0 Å². The third-order valence-electron chi connectivity index (χ3n) is 6.56. The van der Waals surface area contributed by atoms with Gasteiger partial charge in [0.15, 0.2) is 0 Å². The van der Waals surface area contributed by atoms with Gasteiger partial charge >= 0.3 is 12.1 Å². The van der Waals surface area contributed by atoms with Crippen molar-refractivity contribution in [1.29, 1.82) is 0 Å². The molecule has 35 heavy (non-hydrogen) atoms. The molecule has 0 aliphatic carbocycles. The summed E-state index contributed by atoms with van der Waals surface area (Å²) >= 11 is 0. The Bertz CT molecular complexity index is 596. The smallest absolute Gasteiger partial charge is 0.410 e. The Morgan fingerprint density at radius 2 is 1.17 bits per heavy atom. The van der Waals surface area contributed by atoms with Gasteiger partial charge in [-0.25, -0.2) is 9.59 Å². The van der Waals surface area contributed by atoms with Crippen molar-refractivity contribution in [2.45, 2.75) is 123 Å². The van der Waals surface area contributed by atoms with Gasteiger partial charge in [0.05, 0.1) is 6.61 Å². The first kappa shape index (κ1) is 33.0. The van der Waals surface area contributed by atoms with E-state index >= 15 is 0 Å². The lowest BCUT2D eigenvalue weighted by atomic mass is 10.0. The average Bonchev–Trinajstić information content (AvgIpc) is 2.86. The third kappa shape index (κ3) is 15.5. The number of rotatable bonds is 21. The SMILES string of the molecule is C=CCOC(=O)N(C)C(C)C(=O)N(C)C(C)C(=O)OCCCCCCCCCCCCCCCC. The van der Waals surface area contributed by atoms with Gasteiger partial charge in [0.1, 0.15) is 18.7 Å². The highest BCUT2D eigenvalue weighted by atomic mass is 16.6. The monoisotopic (exact) mass is 496 g/mol. The predicted octanol–water partition coefficient (Wildman–Crippen LogP) is 6.50. The summed E-state index contributed by atoms with van der Waals surface area (Å²) in [6, 6.07) is -1.49. The number of nitrogens with zero attached hydrogens (tertiary/aromatic N) is 2. The van der Waals surface area contributed by atoms with Crippen molar-refractivity contribution in [3.63, 3.8) is 0 Å². The largest absolute Gasteiger partial charge is 0.464 e. The number of carbonyl (C=O) groups is 3. The van der Waals surface area contributed by atoms with Crippen molar-refractivity contribution in [2.75, 3.05) is 27.3 Å². The molecule has 0 fully saturated rings. The molecule has 0 aliphatic heterocycles. The van der Waals surface area contributed by atoms with E-state index in [1.165, 1.54) is 93.6 Å². The number of ether oxygens (including phenoxy) is 2. The molecule has 204 valence electrons. The van der Waals surface area contributed by atoms with Crippen LogP contribution in [-0.2, 0) is 19.1 Å². The molecule has 2 amide bonds. The van der Waals surface area contributed by atoms with E-state index in [0.717, 1.165) is 19.3 Å². The number of likely N-dealkylation sites (N-methyl/N-ethyl adjacent to an activating group) is 2. The van der Waals surface area contributed by atoms with Crippen LogP contribution in [0.2, 0.25) is 0 Å². The van der Waals surface area contributed by atoms with Crippen molar-refractivity contribution >= 4 is 18.0 Å². The first-order valence-corrected chi connectivity index (χ1v) is 13.7. The number of esters is 1. The lowest BCUT2D eigenvalue weighted by Gasteiger charge is -2.30. The van der Waals surface area contributed by atoms with Gasteiger partial charge in [0.2, 0.25) is 5.91 Å². The van der Waals surface area contributed by atoms with Gasteiger partial charge in [0.25, 0.3) is 0 Å². The predicted molar refractivity (Wildman–Crippen MR) is 142 cm³/mol.